The van der Waals surface area contributed by atoms with Gasteiger partial charge in [-0.3, -0.25) is 4.99 Å². The van der Waals surface area contributed by atoms with Gasteiger partial charge in [0.05, 0.1) is 18.7 Å². The molecule has 5 nitrogen and oxygen atoms in total. The van der Waals surface area contributed by atoms with E-state index in [1.54, 1.807) is 14.0 Å². The zero-order chi connectivity index (χ0) is 16.6. The predicted octanol–water partition coefficient (Wildman–Crippen LogP) is 2.49. The van der Waals surface area contributed by atoms with E-state index in [0.717, 1.165) is 12.1 Å². The highest BCUT2D eigenvalue weighted by atomic mass is 127. The Kier molecular flexibility index (Phi) is 9.72. The largest absolute Gasteiger partial charge is 0.384 e. The van der Waals surface area contributed by atoms with Gasteiger partial charge in [-0.1, -0.05) is 30.3 Å². The van der Waals surface area contributed by atoms with E-state index in [9.17, 15) is 5.11 Å². The molecule has 0 aromatic heterocycles. The van der Waals surface area contributed by atoms with Crippen molar-refractivity contribution in [3.63, 3.8) is 0 Å². The third kappa shape index (κ3) is 7.99. The molecule has 23 heavy (non-hydrogen) atoms. The highest BCUT2D eigenvalue weighted by molar-refractivity contribution is 14.0. The van der Waals surface area contributed by atoms with Gasteiger partial charge < -0.3 is 20.5 Å². The summed E-state index contributed by atoms with van der Waals surface area (Å²) in [4.78, 5) is 4.51. The summed E-state index contributed by atoms with van der Waals surface area (Å²) in [6.45, 7) is 9.43. The lowest BCUT2D eigenvalue weighted by Gasteiger charge is -2.26. The molecule has 1 atom stereocenters. The normalized spacial score (nSPS) is 14.6. The standard InChI is InChI=1S/C17H29N3O2.HI/c1-6-18-15(19-12-16(2,3)22-5)20-13-17(4,21)14-10-8-7-9-11-14;/h7-11,21H,6,12-13H2,1-5H3,(H2,18,19,20);1H. The van der Waals surface area contributed by atoms with E-state index in [4.69, 9.17) is 4.74 Å². The fourth-order valence-corrected chi connectivity index (χ4v) is 1.83. The van der Waals surface area contributed by atoms with Gasteiger partial charge in [-0.25, -0.2) is 0 Å². The molecule has 0 amide bonds. The topological polar surface area (TPSA) is 65.9 Å². The molecule has 0 fully saturated rings. The third-order valence-corrected chi connectivity index (χ3v) is 3.51. The van der Waals surface area contributed by atoms with Gasteiger partial charge in [-0.2, -0.15) is 0 Å². The van der Waals surface area contributed by atoms with E-state index in [1.807, 2.05) is 51.1 Å². The second-order valence-electron chi connectivity index (χ2n) is 6.15. The maximum Gasteiger partial charge on any atom is 0.191 e. The van der Waals surface area contributed by atoms with Gasteiger partial charge >= 0.3 is 0 Å². The number of nitrogens with zero attached hydrogens (tertiary/aromatic N) is 1. The molecule has 0 aliphatic carbocycles. The summed E-state index contributed by atoms with van der Waals surface area (Å²) in [5.74, 6) is 0.670. The van der Waals surface area contributed by atoms with E-state index >= 15 is 0 Å². The minimum absolute atomic E-state index is 0. The number of guanidine groups is 1. The van der Waals surface area contributed by atoms with Crippen LogP contribution in [0.3, 0.4) is 0 Å². The third-order valence-electron chi connectivity index (χ3n) is 3.51. The Morgan fingerprint density at radius 2 is 1.78 bits per heavy atom. The molecule has 1 aromatic rings. The molecule has 1 aromatic carbocycles. The number of benzene rings is 1. The van der Waals surface area contributed by atoms with Crippen LogP contribution in [0.15, 0.2) is 35.3 Å². The molecule has 0 aliphatic heterocycles. The van der Waals surface area contributed by atoms with Crippen molar-refractivity contribution >= 4 is 29.9 Å². The molecule has 0 aliphatic rings. The Morgan fingerprint density at radius 3 is 2.30 bits per heavy atom. The zero-order valence-electron chi connectivity index (χ0n) is 14.7. The summed E-state index contributed by atoms with van der Waals surface area (Å²) in [7, 11) is 1.68. The van der Waals surface area contributed by atoms with Gasteiger partial charge in [0.1, 0.15) is 5.60 Å². The molecule has 0 heterocycles. The Hall–Kier alpha value is -0.860. The lowest BCUT2D eigenvalue weighted by molar-refractivity contribution is 0.0310. The van der Waals surface area contributed by atoms with Crippen molar-refractivity contribution in [1.82, 2.24) is 10.6 Å². The number of hydrogen-bond acceptors (Lipinski definition) is 3. The quantitative estimate of drug-likeness (QED) is 0.350. The average molecular weight is 435 g/mol. The number of aliphatic imine (C=N–C) groups is 1. The lowest BCUT2D eigenvalue weighted by Crippen LogP contribution is -2.45. The van der Waals surface area contributed by atoms with Crippen LogP contribution in [0.4, 0.5) is 0 Å². The molecule has 0 saturated carbocycles. The maximum atomic E-state index is 10.6. The van der Waals surface area contributed by atoms with Crippen LogP contribution in [-0.2, 0) is 10.3 Å². The van der Waals surface area contributed by atoms with Crippen molar-refractivity contribution in [2.45, 2.75) is 38.9 Å². The predicted molar refractivity (Wildman–Crippen MR) is 106 cm³/mol. The van der Waals surface area contributed by atoms with E-state index in [1.165, 1.54) is 0 Å². The molecule has 6 heteroatoms. The van der Waals surface area contributed by atoms with Gasteiger partial charge in [0.2, 0.25) is 0 Å². The fourth-order valence-electron chi connectivity index (χ4n) is 1.83. The van der Waals surface area contributed by atoms with Crippen LogP contribution < -0.4 is 10.6 Å². The van der Waals surface area contributed by atoms with Gasteiger partial charge in [0, 0.05) is 13.7 Å². The summed E-state index contributed by atoms with van der Waals surface area (Å²) >= 11 is 0. The van der Waals surface area contributed by atoms with Gasteiger partial charge in [-0.15, -0.1) is 24.0 Å². The highest BCUT2D eigenvalue weighted by Gasteiger charge is 2.23. The number of nitrogens with one attached hydrogen (secondary N) is 2. The van der Waals surface area contributed by atoms with Crippen LogP contribution in [0, 0.1) is 0 Å². The summed E-state index contributed by atoms with van der Waals surface area (Å²) < 4.78 is 5.37. The van der Waals surface area contributed by atoms with Crippen LogP contribution in [0.5, 0.6) is 0 Å². The second-order valence-corrected chi connectivity index (χ2v) is 6.15. The summed E-state index contributed by atoms with van der Waals surface area (Å²) in [6.07, 6.45) is 0. The van der Waals surface area contributed by atoms with E-state index in [0.29, 0.717) is 19.0 Å². The lowest BCUT2D eigenvalue weighted by atomic mass is 9.96. The smallest absolute Gasteiger partial charge is 0.191 e. The molecule has 0 bridgehead atoms. The van der Waals surface area contributed by atoms with E-state index in [-0.39, 0.29) is 29.6 Å². The summed E-state index contributed by atoms with van der Waals surface area (Å²) in [5.41, 5.74) is -0.408. The molecule has 0 radical (unpaired) electrons. The number of ether oxygens (including phenoxy) is 1. The first-order valence-electron chi connectivity index (χ1n) is 7.66. The monoisotopic (exact) mass is 435 g/mol. The van der Waals surface area contributed by atoms with Crippen molar-refractivity contribution in [3.05, 3.63) is 35.9 Å². The molecule has 1 unspecified atom stereocenters. The minimum atomic E-state index is -0.964. The van der Waals surface area contributed by atoms with Gasteiger partial charge in [-0.05, 0) is 33.3 Å². The first-order valence-corrected chi connectivity index (χ1v) is 7.66. The van der Waals surface area contributed by atoms with Crippen LogP contribution >= 0.6 is 24.0 Å². The van der Waals surface area contributed by atoms with Gasteiger partial charge in [0.25, 0.3) is 0 Å². The van der Waals surface area contributed by atoms with Crippen LogP contribution in [-0.4, -0.2) is 43.4 Å². The number of hydrogen-bond donors (Lipinski definition) is 3. The Balaban J connectivity index is 0.00000484. The molecular weight excluding hydrogens is 405 g/mol. The van der Waals surface area contributed by atoms with Crippen LogP contribution in [0.1, 0.15) is 33.3 Å². The van der Waals surface area contributed by atoms with Crippen LogP contribution in [0.2, 0.25) is 0 Å². The fraction of sp³-hybridized carbons (Fsp3) is 0.588. The number of halogens is 1. The Morgan fingerprint density at radius 1 is 1.17 bits per heavy atom. The summed E-state index contributed by atoms with van der Waals surface area (Å²) in [5, 5.41) is 17.0. The average Bonchev–Trinajstić information content (AvgIpc) is 2.51. The first-order chi connectivity index (χ1) is 10.3. The Bertz CT molecular complexity index is 476. The number of rotatable bonds is 7. The number of methoxy groups -OCH3 is 1. The Labute approximate surface area is 156 Å². The van der Waals surface area contributed by atoms with Gasteiger partial charge in [0.15, 0.2) is 5.96 Å². The van der Waals surface area contributed by atoms with Crippen molar-refractivity contribution < 1.29 is 9.84 Å². The molecule has 0 saturated heterocycles. The second kappa shape index (κ2) is 10.1. The van der Waals surface area contributed by atoms with E-state index < -0.39 is 5.60 Å². The SMILES string of the molecule is CCNC(=NCC(C)(C)OC)NCC(C)(O)c1ccccc1.I. The first kappa shape index (κ1) is 22.1. The zero-order valence-corrected chi connectivity index (χ0v) is 17.0. The maximum absolute atomic E-state index is 10.6. The molecule has 3 N–H and O–H groups in total. The van der Waals surface area contributed by atoms with Crippen molar-refractivity contribution in [2.75, 3.05) is 26.7 Å². The molecular formula is C17H30IN3O2. The minimum Gasteiger partial charge on any atom is -0.384 e. The molecule has 1 rings (SSSR count). The van der Waals surface area contributed by atoms with Crippen molar-refractivity contribution in [1.29, 1.82) is 0 Å². The molecule has 132 valence electrons. The molecule has 0 spiro atoms. The summed E-state index contributed by atoms with van der Waals surface area (Å²) in [6, 6.07) is 9.61. The van der Waals surface area contributed by atoms with Crippen molar-refractivity contribution in [2.24, 2.45) is 4.99 Å². The number of aliphatic hydroxyl groups is 1. The highest BCUT2D eigenvalue weighted by Crippen LogP contribution is 2.18. The van der Waals surface area contributed by atoms with Crippen molar-refractivity contribution in [3.8, 4) is 0 Å². The van der Waals surface area contributed by atoms with E-state index in [2.05, 4.69) is 15.6 Å². The van der Waals surface area contributed by atoms with Crippen LogP contribution in [0.25, 0.3) is 0 Å².